The first-order valence-corrected chi connectivity index (χ1v) is 22.4. The topological polar surface area (TPSA) is 276 Å². The Morgan fingerprint density at radius 3 is 1.23 bits per heavy atom. The van der Waals surface area contributed by atoms with E-state index in [1.165, 1.54) is 51.9 Å². The van der Waals surface area contributed by atoms with Crippen LogP contribution in [0.5, 0.6) is 0 Å². The number of Topliss-reactive ketones (excluding diaryl/α,β-unsaturated/α-hetero) is 3. The maximum atomic E-state index is 13.0. The zero-order valence-electron chi connectivity index (χ0n) is 39.4. The average Bonchev–Trinajstić information content (AvgIpc) is 4.16. The summed E-state index contributed by atoms with van der Waals surface area (Å²) in [6.45, 7) is 26.5. The van der Waals surface area contributed by atoms with Gasteiger partial charge in [-0.1, -0.05) is 70.5 Å². The number of ketones is 3. The number of hydrogen-bond donors (Lipinski definition) is 7. The van der Waals surface area contributed by atoms with E-state index in [0.717, 1.165) is 35.4 Å². The highest BCUT2D eigenvalue weighted by Crippen LogP contribution is 2.38. The maximum Gasteiger partial charge on any atom is 0.407 e. The molecule has 26 heteroatoms. The fourth-order valence-electron chi connectivity index (χ4n) is 6.11. The molecule has 3 heterocycles. The zero-order chi connectivity index (χ0) is 54.8. The van der Waals surface area contributed by atoms with Gasteiger partial charge in [0.05, 0.1) is 30.8 Å². The van der Waals surface area contributed by atoms with Gasteiger partial charge in [-0.2, -0.15) is 41.6 Å². The van der Waals surface area contributed by atoms with Gasteiger partial charge in [0.25, 0.3) is 0 Å². The van der Waals surface area contributed by atoms with Crippen molar-refractivity contribution in [2.45, 2.75) is 102 Å². The van der Waals surface area contributed by atoms with E-state index in [0.29, 0.717) is 29.7 Å². The third-order valence-corrected chi connectivity index (χ3v) is 11.7. The number of aromatic nitrogens is 9. The van der Waals surface area contributed by atoms with Crippen LogP contribution < -0.4 is 5.73 Å². The summed E-state index contributed by atoms with van der Waals surface area (Å²) in [5.74, 6) is 0.0323. The minimum absolute atomic E-state index is 0.00883. The lowest BCUT2D eigenvalue weighted by molar-refractivity contribution is -0.138. The first-order valence-electron chi connectivity index (χ1n) is 21.3. The molecule has 0 spiro atoms. The van der Waals surface area contributed by atoms with Gasteiger partial charge in [-0.15, -0.1) is 0 Å². The number of hydrogen-bond acceptors (Lipinski definition) is 13. The standard InChI is InChI=1S/C16H15F3N4O2.C16H18N4O2.C13H11BrF3NO2.C2H4N4/c1-15(25,6-5-14-21-9-22-23-14)13(24)8-10-3-4-12(20-2)11(7-10)16(17,18)19;1-11-8-12(4-5-13(11)17-3)9-14(21)16(2,22)7-6-15-18-10-19-20-15;1-12(20,7-14)11(19)6-8-3-4-10(18-2)9(5-8)13(15,16)17;3-2-4-1-5-6-2/h3-4,7,9,25H,5-6,8H2,1H3,(H,21,22,23);4-5,8,10,22H,6-7,9H2,1-2H3,(H,18,19,20);3-5,20H,6-7H2,1H3;1H,(H3,3,4,5,6)/t15-;16-;12-;/m000./s1. The first-order chi connectivity index (χ1) is 34.1. The molecule has 0 aliphatic rings. The van der Waals surface area contributed by atoms with Gasteiger partial charge in [-0.3, -0.25) is 24.6 Å². The van der Waals surface area contributed by atoms with Crippen LogP contribution >= 0.6 is 15.9 Å². The lowest BCUT2D eigenvalue weighted by Gasteiger charge is -2.21. The fraction of sp³-hybridized carbons (Fsp3) is 0.362. The molecule has 0 aliphatic carbocycles. The number of nitrogens with two attached hydrogens (primary N) is 1. The second kappa shape index (κ2) is 26.1. The summed E-state index contributed by atoms with van der Waals surface area (Å²) >= 11 is 2.96. The Bertz CT molecular complexity index is 2910. The van der Waals surface area contributed by atoms with Crippen LogP contribution in [0.1, 0.15) is 78.6 Å². The molecule has 386 valence electrons. The van der Waals surface area contributed by atoms with Gasteiger partial charge in [-0.05, 0) is 62.8 Å². The van der Waals surface area contributed by atoms with Crippen LogP contribution in [-0.4, -0.2) is 100 Å². The molecule has 3 atom stereocenters. The summed E-state index contributed by atoms with van der Waals surface area (Å²) in [6, 6.07) is 11.4. The average molecular weight is 1080 g/mol. The van der Waals surface area contributed by atoms with Gasteiger partial charge in [0, 0.05) is 37.4 Å². The molecule has 19 nitrogen and oxygen atoms in total. The molecular weight excluding hydrogens is 1040 g/mol. The van der Waals surface area contributed by atoms with Crippen molar-refractivity contribution in [1.82, 2.24) is 45.5 Å². The van der Waals surface area contributed by atoms with E-state index in [4.69, 9.17) is 25.5 Å². The molecule has 0 unspecified atom stereocenters. The van der Waals surface area contributed by atoms with E-state index in [1.807, 2.05) is 13.0 Å². The predicted octanol–water partition coefficient (Wildman–Crippen LogP) is 7.93. The maximum absolute atomic E-state index is 13.0. The molecule has 0 radical (unpaired) electrons. The number of nitrogen functional groups attached to an aromatic ring is 1. The Kier molecular flexibility index (Phi) is 21.3. The highest BCUT2D eigenvalue weighted by molar-refractivity contribution is 9.09. The van der Waals surface area contributed by atoms with Gasteiger partial charge in [0.2, 0.25) is 5.95 Å². The van der Waals surface area contributed by atoms with Crippen LogP contribution in [0.3, 0.4) is 0 Å². The Morgan fingerprint density at radius 1 is 0.589 bits per heavy atom. The number of aromatic amines is 3. The number of aryl methyl sites for hydroxylation is 3. The van der Waals surface area contributed by atoms with E-state index < -0.39 is 63.2 Å². The molecule has 3 aromatic carbocycles. The van der Waals surface area contributed by atoms with Crippen molar-refractivity contribution in [2.75, 3.05) is 11.1 Å². The minimum Gasteiger partial charge on any atom is -0.382 e. The highest BCUT2D eigenvalue weighted by Gasteiger charge is 2.36. The molecule has 0 saturated heterocycles. The molecule has 73 heavy (non-hydrogen) atoms. The Hall–Kier alpha value is -7.70. The largest absolute Gasteiger partial charge is 0.407 e. The summed E-state index contributed by atoms with van der Waals surface area (Å²) in [4.78, 5) is 56.8. The Morgan fingerprint density at radius 2 is 0.945 bits per heavy atom. The second-order valence-electron chi connectivity index (χ2n) is 16.6. The van der Waals surface area contributed by atoms with E-state index in [2.05, 4.69) is 76.0 Å². The Labute approximate surface area is 422 Å². The van der Waals surface area contributed by atoms with E-state index >= 15 is 0 Å². The smallest absolute Gasteiger partial charge is 0.382 e. The molecule has 8 N–H and O–H groups in total. The molecule has 0 amide bonds. The van der Waals surface area contributed by atoms with E-state index in [1.54, 1.807) is 12.1 Å². The summed E-state index contributed by atoms with van der Waals surface area (Å²) in [7, 11) is 0. The molecule has 0 saturated carbocycles. The van der Waals surface area contributed by atoms with Crippen LogP contribution in [0.15, 0.2) is 73.6 Å². The molecule has 3 aromatic heterocycles. The lowest BCUT2D eigenvalue weighted by atomic mass is 9.90. The van der Waals surface area contributed by atoms with Crippen LogP contribution in [0.4, 0.5) is 49.4 Å². The van der Waals surface area contributed by atoms with Crippen molar-refractivity contribution in [3.05, 3.63) is 153 Å². The highest BCUT2D eigenvalue weighted by atomic mass is 79.9. The number of aliphatic hydroxyl groups is 3. The van der Waals surface area contributed by atoms with Gasteiger partial charge < -0.3 is 21.1 Å². The summed E-state index contributed by atoms with van der Waals surface area (Å²) in [6.07, 6.45) is -4.81. The third-order valence-electron chi connectivity index (χ3n) is 10.6. The monoisotopic (exact) mass is 1080 g/mol. The van der Waals surface area contributed by atoms with Crippen LogP contribution in [0.2, 0.25) is 0 Å². The predicted molar refractivity (Wildman–Crippen MR) is 255 cm³/mol. The summed E-state index contributed by atoms with van der Waals surface area (Å²) in [5.41, 5.74) is -0.524. The number of nitrogens with one attached hydrogen (secondary N) is 3. The lowest BCUT2D eigenvalue weighted by Crippen LogP contribution is -2.38. The number of anilines is 1. The molecule has 0 bridgehead atoms. The van der Waals surface area contributed by atoms with E-state index in [-0.39, 0.29) is 60.8 Å². The van der Waals surface area contributed by atoms with Crippen molar-refractivity contribution >= 4 is 56.3 Å². The molecule has 6 rings (SSSR count). The second-order valence-corrected chi connectivity index (χ2v) is 17.2. The Balaban J connectivity index is 0.000000274. The minimum atomic E-state index is -4.69. The van der Waals surface area contributed by atoms with Crippen molar-refractivity contribution in [1.29, 1.82) is 0 Å². The number of alkyl halides is 7. The van der Waals surface area contributed by atoms with Crippen LogP contribution in [0.25, 0.3) is 14.5 Å². The third kappa shape index (κ3) is 18.8. The number of carbonyl (C=O) groups is 3. The summed E-state index contributed by atoms with van der Waals surface area (Å²) in [5, 5.41) is 48.9. The van der Waals surface area contributed by atoms with Gasteiger partial charge in [-0.25, -0.2) is 34.6 Å². The van der Waals surface area contributed by atoms with Crippen molar-refractivity contribution in [3.63, 3.8) is 0 Å². The SMILES string of the molecule is Nc1ncn[nH]1.[C-]#[N+]c1ccc(CC(=O)[C@@](C)(O)CBr)cc1C(F)(F)F.[C-]#[N+]c1ccc(CC(=O)[C@@](C)(O)CCc2ncn[nH]2)cc1C.[C-]#[N+]c1ccc(CC(=O)[C@@](C)(O)CCc2ncn[nH]2)cc1C(F)(F)F. The molecule has 6 aromatic rings. The van der Waals surface area contributed by atoms with Crippen molar-refractivity contribution < 1.29 is 56.0 Å². The van der Waals surface area contributed by atoms with Crippen LogP contribution in [-0.2, 0) is 58.8 Å². The fourth-order valence-corrected chi connectivity index (χ4v) is 6.42. The first kappa shape index (κ1) is 59.6. The molecule has 0 fully saturated rings. The van der Waals surface area contributed by atoms with Crippen molar-refractivity contribution in [3.8, 4) is 0 Å². The van der Waals surface area contributed by atoms with Crippen LogP contribution in [0, 0.1) is 26.6 Å². The quantitative estimate of drug-likeness (QED) is 0.0276. The molecular formula is C47H48BrF6N13O6. The molecule has 0 aliphatic heterocycles. The van der Waals surface area contributed by atoms with Gasteiger partial charge in [0.1, 0.15) is 47.4 Å². The number of nitrogens with zero attached hydrogens (tertiary/aromatic N) is 9. The number of rotatable bonds is 16. The number of carbonyl (C=O) groups excluding carboxylic acids is 3. The number of benzene rings is 3. The van der Waals surface area contributed by atoms with Gasteiger partial charge >= 0.3 is 12.4 Å². The normalized spacial score (nSPS) is 13.5. The number of H-pyrrole nitrogens is 3. The van der Waals surface area contributed by atoms with Gasteiger partial charge in [0.15, 0.2) is 34.4 Å². The van der Waals surface area contributed by atoms with Crippen molar-refractivity contribution in [2.24, 2.45) is 0 Å². The van der Waals surface area contributed by atoms with E-state index in [9.17, 15) is 56.0 Å². The zero-order valence-corrected chi connectivity index (χ0v) is 41.0. The number of halogens is 7. The summed E-state index contributed by atoms with van der Waals surface area (Å²) < 4.78 is 77.2.